The Morgan fingerprint density at radius 2 is 2.42 bits per heavy atom. The van der Waals surface area contributed by atoms with Crippen molar-refractivity contribution in [2.24, 2.45) is 5.92 Å². The Labute approximate surface area is 147 Å². The van der Waals surface area contributed by atoms with Crippen molar-refractivity contribution in [1.82, 2.24) is 14.8 Å². The Bertz CT molecular complexity index is 653. The first-order chi connectivity index (χ1) is 11.6. The van der Waals surface area contributed by atoms with E-state index in [4.69, 9.17) is 4.42 Å². The van der Waals surface area contributed by atoms with Gasteiger partial charge in [-0.2, -0.15) is 0 Å². The lowest BCUT2D eigenvalue weighted by molar-refractivity contribution is -0.130. The summed E-state index contributed by atoms with van der Waals surface area (Å²) in [6.07, 6.45) is 3.98. The van der Waals surface area contributed by atoms with Gasteiger partial charge in [-0.05, 0) is 38.4 Å². The monoisotopic (exact) mass is 347 g/mol. The molecule has 2 aromatic rings. The second kappa shape index (κ2) is 7.94. The zero-order valence-corrected chi connectivity index (χ0v) is 15.2. The minimum absolute atomic E-state index is 0.245. The first-order valence-corrected chi connectivity index (χ1v) is 9.37. The fourth-order valence-electron chi connectivity index (χ4n) is 3.28. The molecular formula is C18H25N3O2S. The van der Waals surface area contributed by atoms with Crippen molar-refractivity contribution in [1.29, 1.82) is 0 Å². The molecule has 1 aliphatic heterocycles. The van der Waals surface area contributed by atoms with Crippen LogP contribution in [0.15, 0.2) is 28.3 Å². The fraction of sp³-hybridized carbons (Fsp3) is 0.556. The summed E-state index contributed by atoms with van der Waals surface area (Å²) < 4.78 is 5.30. The van der Waals surface area contributed by atoms with Crippen molar-refractivity contribution in [3.63, 3.8) is 0 Å². The summed E-state index contributed by atoms with van der Waals surface area (Å²) in [6, 6.07) is 3.79. The van der Waals surface area contributed by atoms with Gasteiger partial charge in [0.25, 0.3) is 0 Å². The van der Waals surface area contributed by atoms with E-state index in [0.717, 1.165) is 44.1 Å². The molecule has 0 spiro atoms. The molecule has 0 N–H and O–H groups in total. The molecule has 0 bridgehead atoms. The van der Waals surface area contributed by atoms with E-state index in [1.165, 1.54) is 4.88 Å². The van der Waals surface area contributed by atoms with E-state index in [0.29, 0.717) is 18.8 Å². The highest BCUT2D eigenvalue weighted by Crippen LogP contribution is 2.21. The SMILES string of the molecule is Cc1ncsc1CN(C)CC1CCN(C(=O)CCc2ccco2)C1. The van der Waals surface area contributed by atoms with E-state index < -0.39 is 0 Å². The molecule has 0 saturated carbocycles. The predicted octanol–water partition coefficient (Wildman–Crippen LogP) is 2.96. The average molecular weight is 347 g/mol. The lowest BCUT2D eigenvalue weighted by atomic mass is 10.1. The van der Waals surface area contributed by atoms with Crippen LogP contribution >= 0.6 is 11.3 Å². The zero-order valence-electron chi connectivity index (χ0n) is 14.4. The number of hydrogen-bond donors (Lipinski definition) is 0. The third-order valence-electron chi connectivity index (χ3n) is 4.63. The van der Waals surface area contributed by atoms with Crippen LogP contribution < -0.4 is 0 Å². The van der Waals surface area contributed by atoms with Gasteiger partial charge in [0.1, 0.15) is 5.76 Å². The molecule has 1 fully saturated rings. The molecule has 0 radical (unpaired) electrons. The van der Waals surface area contributed by atoms with Crippen LogP contribution in [0.4, 0.5) is 0 Å². The van der Waals surface area contributed by atoms with Crippen LogP contribution in [0, 0.1) is 12.8 Å². The maximum Gasteiger partial charge on any atom is 0.223 e. The number of rotatable bonds is 7. The lowest BCUT2D eigenvalue weighted by Crippen LogP contribution is -2.31. The predicted molar refractivity (Wildman–Crippen MR) is 94.9 cm³/mol. The second-order valence-electron chi connectivity index (χ2n) is 6.63. The molecule has 1 unspecified atom stereocenters. The maximum atomic E-state index is 12.3. The van der Waals surface area contributed by atoms with Gasteiger partial charge in [-0.1, -0.05) is 0 Å². The van der Waals surface area contributed by atoms with Crippen LogP contribution in [-0.2, 0) is 17.8 Å². The van der Waals surface area contributed by atoms with Gasteiger partial charge < -0.3 is 14.2 Å². The molecule has 0 aliphatic carbocycles. The molecule has 1 aliphatic rings. The second-order valence-corrected chi connectivity index (χ2v) is 7.57. The molecule has 130 valence electrons. The number of hydrogen-bond acceptors (Lipinski definition) is 5. The normalized spacial score (nSPS) is 17.8. The van der Waals surface area contributed by atoms with Crippen molar-refractivity contribution in [2.75, 3.05) is 26.7 Å². The number of furan rings is 1. The minimum atomic E-state index is 0.245. The number of nitrogens with zero attached hydrogens (tertiary/aromatic N) is 3. The van der Waals surface area contributed by atoms with Gasteiger partial charge in [-0.25, -0.2) is 4.98 Å². The Morgan fingerprint density at radius 3 is 3.12 bits per heavy atom. The third-order valence-corrected chi connectivity index (χ3v) is 5.55. The summed E-state index contributed by atoms with van der Waals surface area (Å²) in [7, 11) is 2.15. The number of carbonyl (C=O) groups is 1. The molecule has 3 rings (SSSR count). The number of aromatic nitrogens is 1. The van der Waals surface area contributed by atoms with E-state index in [9.17, 15) is 4.79 Å². The lowest BCUT2D eigenvalue weighted by Gasteiger charge is -2.21. The largest absolute Gasteiger partial charge is 0.469 e. The Balaban J connectivity index is 1.41. The minimum Gasteiger partial charge on any atom is -0.469 e. The first-order valence-electron chi connectivity index (χ1n) is 8.49. The highest BCUT2D eigenvalue weighted by atomic mass is 32.1. The summed E-state index contributed by atoms with van der Waals surface area (Å²) >= 11 is 1.72. The van der Waals surface area contributed by atoms with Gasteiger partial charge >= 0.3 is 0 Å². The molecule has 5 nitrogen and oxygen atoms in total. The van der Waals surface area contributed by atoms with Gasteiger partial charge in [0.05, 0.1) is 17.5 Å². The molecule has 6 heteroatoms. The van der Waals surface area contributed by atoms with E-state index >= 15 is 0 Å². The zero-order chi connectivity index (χ0) is 16.9. The van der Waals surface area contributed by atoms with Crippen molar-refractivity contribution < 1.29 is 9.21 Å². The van der Waals surface area contributed by atoms with Crippen LogP contribution in [0.1, 0.15) is 29.2 Å². The number of aryl methyl sites for hydroxylation is 2. The number of likely N-dealkylation sites (tertiary alicyclic amines) is 1. The quantitative estimate of drug-likeness (QED) is 0.773. The molecule has 0 aromatic carbocycles. The maximum absolute atomic E-state index is 12.3. The Morgan fingerprint density at radius 1 is 1.54 bits per heavy atom. The Hall–Kier alpha value is -1.66. The summed E-state index contributed by atoms with van der Waals surface area (Å²) in [4.78, 5) is 22.3. The molecule has 2 aromatic heterocycles. The summed E-state index contributed by atoms with van der Waals surface area (Å²) in [5, 5.41) is 0. The highest BCUT2D eigenvalue weighted by molar-refractivity contribution is 7.09. The highest BCUT2D eigenvalue weighted by Gasteiger charge is 2.27. The van der Waals surface area contributed by atoms with Gasteiger partial charge in [-0.3, -0.25) is 4.79 Å². The van der Waals surface area contributed by atoms with E-state index in [-0.39, 0.29) is 5.91 Å². The van der Waals surface area contributed by atoms with E-state index in [1.54, 1.807) is 17.6 Å². The van der Waals surface area contributed by atoms with Gasteiger partial charge in [0, 0.05) is 43.9 Å². The van der Waals surface area contributed by atoms with Crippen LogP contribution in [0.5, 0.6) is 0 Å². The van der Waals surface area contributed by atoms with Gasteiger partial charge in [-0.15, -0.1) is 11.3 Å². The third kappa shape index (κ3) is 4.45. The fourth-order valence-corrected chi connectivity index (χ4v) is 4.14. The molecule has 1 amide bonds. The van der Waals surface area contributed by atoms with Crippen LogP contribution in [-0.4, -0.2) is 47.4 Å². The standard InChI is InChI=1S/C18H25N3O2S/c1-14-17(24-13-19-14)12-20(2)10-15-7-8-21(11-15)18(22)6-5-16-4-3-9-23-16/h3-4,9,13,15H,5-8,10-12H2,1-2H3. The number of amides is 1. The number of thiazole rings is 1. The van der Waals surface area contributed by atoms with Crippen LogP contribution in [0.3, 0.4) is 0 Å². The van der Waals surface area contributed by atoms with E-state index in [1.807, 2.05) is 22.5 Å². The summed E-state index contributed by atoms with van der Waals surface area (Å²) in [5.41, 5.74) is 3.04. The smallest absolute Gasteiger partial charge is 0.223 e. The summed E-state index contributed by atoms with van der Waals surface area (Å²) in [6.45, 7) is 5.80. The molecule has 1 atom stereocenters. The molecule has 1 saturated heterocycles. The molecule has 24 heavy (non-hydrogen) atoms. The first kappa shape index (κ1) is 17.2. The topological polar surface area (TPSA) is 49.6 Å². The van der Waals surface area contributed by atoms with Crippen LogP contribution in [0.25, 0.3) is 0 Å². The van der Waals surface area contributed by atoms with Crippen molar-refractivity contribution in [3.05, 3.63) is 40.2 Å². The van der Waals surface area contributed by atoms with Crippen molar-refractivity contribution in [3.8, 4) is 0 Å². The van der Waals surface area contributed by atoms with Crippen LogP contribution in [0.2, 0.25) is 0 Å². The summed E-state index contributed by atoms with van der Waals surface area (Å²) in [5.74, 6) is 1.70. The van der Waals surface area contributed by atoms with Crippen molar-refractivity contribution >= 4 is 17.2 Å². The Kier molecular flexibility index (Phi) is 5.68. The molecular weight excluding hydrogens is 322 g/mol. The van der Waals surface area contributed by atoms with Gasteiger partial charge in [0.15, 0.2) is 0 Å². The van der Waals surface area contributed by atoms with Crippen molar-refractivity contribution in [2.45, 2.75) is 32.7 Å². The molecule has 3 heterocycles. The van der Waals surface area contributed by atoms with Gasteiger partial charge in [0.2, 0.25) is 5.91 Å². The number of carbonyl (C=O) groups excluding carboxylic acids is 1. The van der Waals surface area contributed by atoms with E-state index in [2.05, 4.69) is 23.9 Å². The average Bonchev–Trinajstić information content (AvgIpc) is 3.28.